The zero-order chi connectivity index (χ0) is 14.0. The van der Waals surface area contributed by atoms with Crippen molar-refractivity contribution in [3.63, 3.8) is 0 Å². The largest absolute Gasteiger partial charge is 0.435 e. The lowest BCUT2D eigenvalue weighted by atomic mass is 9.86. The molecule has 20 heavy (non-hydrogen) atoms. The Kier molecular flexibility index (Phi) is 3.33. The van der Waals surface area contributed by atoms with Gasteiger partial charge in [-0.2, -0.15) is 0 Å². The molecule has 2 aromatic rings. The maximum Gasteiger partial charge on any atom is 0.332 e. The van der Waals surface area contributed by atoms with Gasteiger partial charge in [-0.25, -0.2) is 4.79 Å². The summed E-state index contributed by atoms with van der Waals surface area (Å²) in [6.45, 7) is 0. The highest BCUT2D eigenvalue weighted by molar-refractivity contribution is 6.26. The highest BCUT2D eigenvalue weighted by Crippen LogP contribution is 2.43. The molecule has 0 spiro atoms. The summed E-state index contributed by atoms with van der Waals surface area (Å²) in [5.41, 5.74) is 2.01. The van der Waals surface area contributed by atoms with Crippen molar-refractivity contribution in [1.82, 2.24) is 0 Å². The molecule has 0 fully saturated rings. The number of rotatable bonds is 3. The van der Waals surface area contributed by atoms with Crippen molar-refractivity contribution in [3.8, 4) is 0 Å². The van der Waals surface area contributed by atoms with Crippen LogP contribution in [0.5, 0.6) is 0 Å². The van der Waals surface area contributed by atoms with Gasteiger partial charge in [0, 0.05) is 6.08 Å². The van der Waals surface area contributed by atoms with Crippen molar-refractivity contribution in [2.24, 2.45) is 0 Å². The normalized spacial score (nSPS) is 21.2. The van der Waals surface area contributed by atoms with Crippen LogP contribution in [0.1, 0.15) is 17.0 Å². The molecular formula is C17H13ClO2. The smallest absolute Gasteiger partial charge is 0.332 e. The number of cyclic esters (lactones) is 1. The number of esters is 1. The van der Waals surface area contributed by atoms with Crippen LogP contribution in [0.4, 0.5) is 0 Å². The standard InChI is InChI=1S/C17H13ClO2/c18-17(12-11-15(19)20-17)16(13-7-3-1-4-8-13)14-9-5-2-6-10-14/h1-12,16H. The molecule has 0 aromatic heterocycles. The summed E-state index contributed by atoms with van der Waals surface area (Å²) in [5.74, 6) is -0.647. The van der Waals surface area contributed by atoms with Gasteiger partial charge < -0.3 is 4.74 Å². The SMILES string of the molecule is O=C1C=CC(Cl)(C(c2ccccc2)c2ccccc2)O1. The molecule has 1 heterocycles. The second-order valence-corrected chi connectivity index (χ2v) is 5.30. The van der Waals surface area contributed by atoms with Gasteiger partial charge >= 0.3 is 5.97 Å². The van der Waals surface area contributed by atoms with Crippen LogP contribution in [0.25, 0.3) is 0 Å². The van der Waals surface area contributed by atoms with E-state index in [0.717, 1.165) is 11.1 Å². The molecule has 1 unspecified atom stereocenters. The zero-order valence-corrected chi connectivity index (χ0v) is 11.5. The van der Waals surface area contributed by atoms with Gasteiger partial charge in [-0.1, -0.05) is 72.3 Å². The highest BCUT2D eigenvalue weighted by Gasteiger charge is 2.43. The fraction of sp³-hybridized carbons (Fsp3) is 0.118. The topological polar surface area (TPSA) is 26.3 Å². The minimum atomic E-state index is -1.17. The molecule has 0 saturated carbocycles. The van der Waals surface area contributed by atoms with Crippen LogP contribution >= 0.6 is 11.6 Å². The van der Waals surface area contributed by atoms with Gasteiger partial charge in [0.25, 0.3) is 0 Å². The minimum Gasteiger partial charge on any atom is -0.435 e. The first-order chi connectivity index (χ1) is 9.69. The molecule has 3 rings (SSSR count). The Hall–Kier alpha value is -2.06. The Morgan fingerprint density at radius 1 is 0.900 bits per heavy atom. The van der Waals surface area contributed by atoms with Crippen LogP contribution in [0.15, 0.2) is 72.8 Å². The van der Waals surface area contributed by atoms with E-state index in [2.05, 4.69) is 0 Å². The maximum absolute atomic E-state index is 11.4. The summed E-state index contributed by atoms with van der Waals surface area (Å²) in [4.78, 5) is 11.4. The van der Waals surface area contributed by atoms with E-state index in [1.54, 1.807) is 6.08 Å². The number of carbonyl (C=O) groups excluding carboxylic acids is 1. The predicted octanol–water partition coefficient (Wildman–Crippen LogP) is 3.87. The second kappa shape index (κ2) is 5.14. The van der Waals surface area contributed by atoms with Crippen molar-refractivity contribution < 1.29 is 9.53 Å². The van der Waals surface area contributed by atoms with E-state index in [4.69, 9.17) is 16.3 Å². The molecule has 0 bridgehead atoms. The molecule has 0 amide bonds. The average Bonchev–Trinajstić information content (AvgIpc) is 2.81. The van der Waals surface area contributed by atoms with Gasteiger partial charge in [0.1, 0.15) is 0 Å². The molecule has 0 aliphatic carbocycles. The van der Waals surface area contributed by atoms with Crippen LogP contribution < -0.4 is 0 Å². The van der Waals surface area contributed by atoms with Crippen molar-refractivity contribution >= 4 is 17.6 Å². The Bertz CT molecular complexity index is 597. The maximum atomic E-state index is 11.4. The third kappa shape index (κ3) is 2.35. The molecule has 1 aliphatic heterocycles. The molecule has 1 atom stereocenters. The summed E-state index contributed by atoms with van der Waals surface area (Å²) >= 11 is 6.57. The third-order valence-corrected chi connectivity index (χ3v) is 3.78. The summed E-state index contributed by atoms with van der Waals surface area (Å²) < 4.78 is 5.34. The number of hydrogen-bond donors (Lipinski definition) is 0. The quantitative estimate of drug-likeness (QED) is 0.632. The van der Waals surface area contributed by atoms with E-state index >= 15 is 0 Å². The first kappa shape index (κ1) is 12.9. The first-order valence-corrected chi connectivity index (χ1v) is 6.78. The van der Waals surface area contributed by atoms with Crippen molar-refractivity contribution in [2.75, 3.05) is 0 Å². The van der Waals surface area contributed by atoms with E-state index in [1.807, 2.05) is 60.7 Å². The van der Waals surface area contributed by atoms with Crippen LogP contribution in [0.3, 0.4) is 0 Å². The van der Waals surface area contributed by atoms with Crippen molar-refractivity contribution in [3.05, 3.63) is 83.9 Å². The summed E-state index contributed by atoms with van der Waals surface area (Å²) in [6, 6.07) is 19.6. The van der Waals surface area contributed by atoms with E-state index in [-0.39, 0.29) is 5.92 Å². The fourth-order valence-corrected chi connectivity index (χ4v) is 2.89. The van der Waals surface area contributed by atoms with E-state index in [9.17, 15) is 4.79 Å². The van der Waals surface area contributed by atoms with E-state index < -0.39 is 11.0 Å². The highest BCUT2D eigenvalue weighted by atomic mass is 35.5. The molecule has 0 radical (unpaired) electrons. The van der Waals surface area contributed by atoms with Gasteiger partial charge in [-0.15, -0.1) is 0 Å². The number of benzene rings is 2. The van der Waals surface area contributed by atoms with Crippen LogP contribution in [-0.4, -0.2) is 11.0 Å². The monoisotopic (exact) mass is 284 g/mol. The molecule has 3 heteroatoms. The van der Waals surface area contributed by atoms with Crippen molar-refractivity contribution in [2.45, 2.75) is 11.0 Å². The lowest BCUT2D eigenvalue weighted by molar-refractivity contribution is -0.141. The zero-order valence-electron chi connectivity index (χ0n) is 10.7. The number of halogens is 1. The molecular weight excluding hydrogens is 272 g/mol. The van der Waals surface area contributed by atoms with Gasteiger partial charge in [0.15, 0.2) is 0 Å². The molecule has 2 aromatic carbocycles. The third-order valence-electron chi connectivity index (χ3n) is 3.36. The Morgan fingerprint density at radius 3 is 1.80 bits per heavy atom. The van der Waals surface area contributed by atoms with Crippen LogP contribution in [0, 0.1) is 0 Å². The number of alkyl halides is 1. The predicted molar refractivity (Wildman–Crippen MR) is 78.5 cm³/mol. The molecule has 0 N–H and O–H groups in total. The van der Waals surface area contributed by atoms with Gasteiger partial charge in [0.2, 0.25) is 5.06 Å². The Balaban J connectivity index is 2.10. The lowest BCUT2D eigenvalue weighted by Crippen LogP contribution is -2.30. The molecule has 1 aliphatic rings. The van der Waals surface area contributed by atoms with Crippen molar-refractivity contribution in [1.29, 1.82) is 0 Å². The first-order valence-electron chi connectivity index (χ1n) is 6.40. The lowest BCUT2D eigenvalue weighted by Gasteiger charge is -2.30. The number of ether oxygens (including phenoxy) is 1. The molecule has 0 saturated heterocycles. The number of hydrogen-bond acceptors (Lipinski definition) is 2. The summed E-state index contributed by atoms with van der Waals surface area (Å²) in [7, 11) is 0. The van der Waals surface area contributed by atoms with Crippen LogP contribution in [0.2, 0.25) is 0 Å². The fourth-order valence-electron chi connectivity index (χ4n) is 2.50. The Morgan fingerprint density at radius 2 is 1.40 bits per heavy atom. The summed E-state index contributed by atoms with van der Waals surface area (Å²) in [6.07, 6.45) is 3.01. The van der Waals surface area contributed by atoms with Gasteiger partial charge in [-0.3, -0.25) is 0 Å². The number of carbonyl (C=O) groups is 1. The van der Waals surface area contributed by atoms with Gasteiger partial charge in [-0.05, 0) is 17.2 Å². The Labute approximate surface area is 122 Å². The second-order valence-electron chi connectivity index (χ2n) is 4.71. The molecule has 2 nitrogen and oxygen atoms in total. The van der Waals surface area contributed by atoms with Crippen LogP contribution in [-0.2, 0) is 9.53 Å². The van der Waals surface area contributed by atoms with E-state index in [1.165, 1.54) is 6.08 Å². The average molecular weight is 285 g/mol. The minimum absolute atomic E-state index is 0.241. The molecule has 100 valence electrons. The van der Waals surface area contributed by atoms with Gasteiger partial charge in [0.05, 0.1) is 5.92 Å². The van der Waals surface area contributed by atoms with E-state index in [0.29, 0.717) is 0 Å². The summed E-state index contributed by atoms with van der Waals surface area (Å²) in [5, 5.41) is -1.17.